The van der Waals surface area contributed by atoms with E-state index in [4.69, 9.17) is 17.3 Å². The summed E-state index contributed by atoms with van der Waals surface area (Å²) >= 11 is 6.24. The molecule has 0 aromatic heterocycles. The van der Waals surface area contributed by atoms with Gasteiger partial charge in [-0.1, -0.05) is 25.4 Å². The molecule has 4 N–H and O–H groups in total. The van der Waals surface area contributed by atoms with Gasteiger partial charge < -0.3 is 16.4 Å². The van der Waals surface area contributed by atoms with Crippen LogP contribution in [0.3, 0.4) is 0 Å². The van der Waals surface area contributed by atoms with Crippen molar-refractivity contribution in [2.24, 2.45) is 29.4 Å². The summed E-state index contributed by atoms with van der Waals surface area (Å²) in [5.74, 6) is 0.895. The van der Waals surface area contributed by atoms with E-state index in [1.807, 2.05) is 13.8 Å². The predicted molar refractivity (Wildman–Crippen MR) is 99.5 cm³/mol. The van der Waals surface area contributed by atoms with Crippen LogP contribution in [0.15, 0.2) is 18.2 Å². The molecule has 2 fully saturated rings. The van der Waals surface area contributed by atoms with Gasteiger partial charge in [-0.3, -0.25) is 9.59 Å². The van der Waals surface area contributed by atoms with Crippen molar-refractivity contribution < 1.29 is 9.59 Å². The molecular weight excluding hydrogens is 338 g/mol. The van der Waals surface area contributed by atoms with Gasteiger partial charge in [-0.15, -0.1) is 0 Å². The molecule has 5 nitrogen and oxygen atoms in total. The van der Waals surface area contributed by atoms with Crippen LogP contribution in [0, 0.1) is 23.7 Å². The first-order valence-corrected chi connectivity index (χ1v) is 9.38. The quantitative estimate of drug-likeness (QED) is 0.751. The van der Waals surface area contributed by atoms with Gasteiger partial charge in [0.05, 0.1) is 16.5 Å². The van der Waals surface area contributed by atoms with Crippen LogP contribution in [0.4, 0.5) is 5.69 Å². The highest BCUT2D eigenvalue weighted by molar-refractivity contribution is 6.34. The molecule has 2 amide bonds. The summed E-state index contributed by atoms with van der Waals surface area (Å²) in [6.07, 6.45) is 3.29. The Bertz CT molecular complexity index is 675. The number of benzene rings is 1. The smallest absolute Gasteiger partial charge is 0.252 e. The van der Waals surface area contributed by atoms with Gasteiger partial charge >= 0.3 is 0 Å². The zero-order valence-corrected chi connectivity index (χ0v) is 15.5. The van der Waals surface area contributed by atoms with Gasteiger partial charge in [0.25, 0.3) is 5.91 Å². The van der Waals surface area contributed by atoms with E-state index in [9.17, 15) is 9.59 Å². The summed E-state index contributed by atoms with van der Waals surface area (Å²) in [7, 11) is 0. The summed E-state index contributed by atoms with van der Waals surface area (Å²) < 4.78 is 0. The van der Waals surface area contributed by atoms with Crippen LogP contribution in [0.1, 0.15) is 43.5 Å². The number of rotatable bonds is 5. The minimum atomic E-state index is -0.202. The predicted octanol–water partition coefficient (Wildman–Crippen LogP) is 3.04. The maximum atomic E-state index is 12.6. The van der Waals surface area contributed by atoms with Gasteiger partial charge in [0, 0.05) is 18.3 Å². The van der Waals surface area contributed by atoms with Crippen LogP contribution in [-0.4, -0.2) is 24.4 Å². The molecule has 25 heavy (non-hydrogen) atoms. The topological polar surface area (TPSA) is 84.2 Å². The lowest BCUT2D eigenvalue weighted by atomic mass is 9.84. The molecule has 4 unspecified atom stereocenters. The molecule has 1 aromatic rings. The molecule has 2 bridgehead atoms. The van der Waals surface area contributed by atoms with E-state index in [1.165, 1.54) is 0 Å². The Hall–Kier alpha value is -1.59. The second-order valence-corrected chi connectivity index (χ2v) is 8.13. The monoisotopic (exact) mass is 363 g/mol. The van der Waals surface area contributed by atoms with Gasteiger partial charge in [-0.05, 0) is 55.2 Å². The molecule has 4 atom stereocenters. The van der Waals surface area contributed by atoms with Crippen LogP contribution in [-0.2, 0) is 4.79 Å². The highest BCUT2D eigenvalue weighted by atomic mass is 35.5. The Balaban J connectivity index is 1.65. The molecule has 6 heteroatoms. The zero-order valence-electron chi connectivity index (χ0n) is 14.7. The molecule has 1 aromatic carbocycles. The molecule has 0 heterocycles. The molecule has 2 aliphatic rings. The van der Waals surface area contributed by atoms with Gasteiger partial charge in [-0.2, -0.15) is 0 Å². The molecule has 0 aliphatic heterocycles. The number of amides is 2. The largest absolute Gasteiger partial charge is 0.352 e. The van der Waals surface area contributed by atoms with Crippen molar-refractivity contribution in [3.8, 4) is 0 Å². The number of hydrogen-bond donors (Lipinski definition) is 3. The highest BCUT2D eigenvalue weighted by Gasteiger charge is 2.49. The molecule has 2 saturated carbocycles. The molecular formula is C19H26ClN3O2. The fraction of sp³-hybridized carbons (Fsp3) is 0.579. The second-order valence-electron chi connectivity index (χ2n) is 7.72. The maximum Gasteiger partial charge on any atom is 0.252 e. The van der Waals surface area contributed by atoms with Crippen molar-refractivity contribution in [2.45, 2.75) is 39.2 Å². The Labute approximate surface area is 153 Å². The van der Waals surface area contributed by atoms with Crippen molar-refractivity contribution >= 4 is 29.1 Å². The van der Waals surface area contributed by atoms with Gasteiger partial charge in [0.2, 0.25) is 5.91 Å². The van der Waals surface area contributed by atoms with Gasteiger partial charge in [0.15, 0.2) is 0 Å². The van der Waals surface area contributed by atoms with E-state index in [-0.39, 0.29) is 23.8 Å². The molecule has 0 saturated heterocycles. The third kappa shape index (κ3) is 3.82. The van der Waals surface area contributed by atoms with Crippen LogP contribution in [0.25, 0.3) is 0 Å². The number of nitrogens with two attached hydrogens (primary N) is 1. The summed E-state index contributed by atoms with van der Waals surface area (Å²) in [5, 5.41) is 6.09. The summed E-state index contributed by atoms with van der Waals surface area (Å²) in [6, 6.07) is 4.94. The summed E-state index contributed by atoms with van der Waals surface area (Å²) in [5.41, 5.74) is 7.25. The van der Waals surface area contributed by atoms with Crippen LogP contribution < -0.4 is 16.4 Å². The fourth-order valence-corrected chi connectivity index (χ4v) is 4.39. The van der Waals surface area contributed by atoms with E-state index in [1.54, 1.807) is 18.2 Å². The van der Waals surface area contributed by atoms with Crippen molar-refractivity contribution in [1.82, 2.24) is 5.32 Å². The molecule has 0 spiro atoms. The number of nitrogens with one attached hydrogen (secondary N) is 2. The lowest BCUT2D eigenvalue weighted by Gasteiger charge is -2.27. The standard InChI is InChI=1S/C19H26ClN3O2/c1-10(2)9-22-18(24)14-6-5-13(8-15(14)20)23-19(25)16-11-3-4-12(7-11)17(16)21/h5-6,8,10-12,16-17H,3-4,7,9,21H2,1-2H3,(H,22,24)(H,23,25). The Morgan fingerprint density at radius 2 is 2.00 bits per heavy atom. The van der Waals surface area contributed by atoms with Crippen LogP contribution in [0.5, 0.6) is 0 Å². The number of anilines is 1. The Morgan fingerprint density at radius 3 is 2.60 bits per heavy atom. The minimum Gasteiger partial charge on any atom is -0.352 e. The lowest BCUT2D eigenvalue weighted by Crippen LogP contribution is -2.42. The first-order chi connectivity index (χ1) is 11.9. The first-order valence-electron chi connectivity index (χ1n) is 9.01. The SMILES string of the molecule is CC(C)CNC(=O)c1ccc(NC(=O)C2C3CCC(C3)C2N)cc1Cl. The number of halogens is 1. The second kappa shape index (κ2) is 7.34. The van der Waals surface area contributed by atoms with E-state index < -0.39 is 0 Å². The van der Waals surface area contributed by atoms with Crippen LogP contribution in [0.2, 0.25) is 5.02 Å². The maximum absolute atomic E-state index is 12.6. The van der Waals surface area contributed by atoms with Crippen molar-refractivity contribution in [3.05, 3.63) is 28.8 Å². The lowest BCUT2D eigenvalue weighted by molar-refractivity contribution is -0.121. The number of carbonyl (C=O) groups is 2. The number of carbonyl (C=O) groups excluding carboxylic acids is 2. The third-order valence-corrected chi connectivity index (χ3v) is 5.75. The zero-order chi connectivity index (χ0) is 18.1. The summed E-state index contributed by atoms with van der Waals surface area (Å²) in [6.45, 7) is 4.65. The molecule has 136 valence electrons. The normalized spacial score (nSPS) is 27.6. The highest BCUT2D eigenvalue weighted by Crippen LogP contribution is 2.47. The molecule has 2 aliphatic carbocycles. The van der Waals surface area contributed by atoms with E-state index in [0.717, 1.165) is 19.3 Å². The summed E-state index contributed by atoms with van der Waals surface area (Å²) in [4.78, 5) is 24.8. The average Bonchev–Trinajstić information content (AvgIpc) is 3.13. The minimum absolute atomic E-state index is 0.0345. The van der Waals surface area contributed by atoms with E-state index in [2.05, 4.69) is 10.6 Å². The molecule has 0 radical (unpaired) electrons. The van der Waals surface area contributed by atoms with Crippen molar-refractivity contribution in [1.29, 1.82) is 0 Å². The van der Waals surface area contributed by atoms with Crippen LogP contribution >= 0.6 is 11.6 Å². The van der Waals surface area contributed by atoms with Gasteiger partial charge in [0.1, 0.15) is 0 Å². The van der Waals surface area contributed by atoms with E-state index >= 15 is 0 Å². The number of hydrogen-bond acceptors (Lipinski definition) is 3. The first kappa shape index (κ1) is 18.2. The Kier molecular flexibility index (Phi) is 5.35. The third-order valence-electron chi connectivity index (χ3n) is 5.44. The fourth-order valence-electron chi connectivity index (χ4n) is 4.12. The van der Waals surface area contributed by atoms with E-state index in [0.29, 0.717) is 40.6 Å². The molecule has 3 rings (SSSR count). The Morgan fingerprint density at radius 1 is 1.28 bits per heavy atom. The average molecular weight is 364 g/mol. The number of fused-ring (bicyclic) bond motifs is 2. The van der Waals surface area contributed by atoms with Crippen molar-refractivity contribution in [2.75, 3.05) is 11.9 Å². The van der Waals surface area contributed by atoms with Crippen molar-refractivity contribution in [3.63, 3.8) is 0 Å². The van der Waals surface area contributed by atoms with Gasteiger partial charge in [-0.25, -0.2) is 0 Å².